The quantitative estimate of drug-likeness (QED) is 0.344. The number of sulfonamides is 1. The average Bonchev–Trinajstić information content (AvgIpc) is 3.51. The molecular formula is C29H27F3N6O4S. The topological polar surface area (TPSA) is 120 Å². The maximum atomic E-state index is 14.0. The van der Waals surface area contributed by atoms with Gasteiger partial charge in [0.2, 0.25) is 15.8 Å². The second-order valence-electron chi connectivity index (χ2n) is 11.3. The zero-order valence-electron chi connectivity index (χ0n) is 23.0. The Bertz CT molecular complexity index is 1910. The van der Waals surface area contributed by atoms with Crippen molar-refractivity contribution in [2.45, 2.75) is 55.4 Å². The third-order valence-electron chi connectivity index (χ3n) is 8.82. The summed E-state index contributed by atoms with van der Waals surface area (Å²) in [6.45, 7) is 2.59. The highest BCUT2D eigenvalue weighted by atomic mass is 32.2. The van der Waals surface area contributed by atoms with E-state index in [4.69, 9.17) is 0 Å². The number of pyridine rings is 1. The molecule has 43 heavy (non-hydrogen) atoms. The Morgan fingerprint density at radius 3 is 2.72 bits per heavy atom. The lowest BCUT2D eigenvalue weighted by molar-refractivity contribution is -0.145. The first-order valence-corrected chi connectivity index (χ1v) is 15.2. The number of hydrogen-bond acceptors (Lipinski definition) is 7. The minimum atomic E-state index is -4.71. The largest absolute Gasteiger partial charge is 0.481 e. The Balaban J connectivity index is 1.34. The molecule has 14 heteroatoms. The molecule has 2 aromatic carbocycles. The van der Waals surface area contributed by atoms with Crippen LogP contribution in [0.15, 0.2) is 59.6 Å². The van der Waals surface area contributed by atoms with Gasteiger partial charge in [0.1, 0.15) is 10.6 Å². The van der Waals surface area contributed by atoms with Crippen molar-refractivity contribution in [1.82, 2.24) is 18.9 Å². The number of alkyl halides is 3. The monoisotopic (exact) mass is 612 g/mol. The summed E-state index contributed by atoms with van der Waals surface area (Å²) in [5.74, 6) is -2.99. The standard InChI is InChI=1S/C29H27F3N6O4S/c1-17-20(9-12-37-26(17)34-35-27(37)29(30,31)32)21(14-25(39)40)18-7-8-22-19(13-18)15-36-16-28(33-22)10-4-11-38(28)23-5-2-3-6-24(23)43(36,41)42/h2-3,5-9,12-13,21,33H,4,10-11,14-16H2,1H3,(H,39,40)/t21-,28+/m0/s1. The number of carboxylic acids is 1. The summed E-state index contributed by atoms with van der Waals surface area (Å²) in [5, 5.41) is 20.6. The first-order chi connectivity index (χ1) is 20.4. The number of carboxylic acid groups (broad SMARTS) is 1. The molecule has 2 bridgehead atoms. The predicted molar refractivity (Wildman–Crippen MR) is 150 cm³/mol. The zero-order chi connectivity index (χ0) is 30.3. The lowest BCUT2D eigenvalue weighted by Gasteiger charge is -2.40. The number of nitrogens with zero attached hydrogens (tertiary/aromatic N) is 5. The summed E-state index contributed by atoms with van der Waals surface area (Å²) in [7, 11) is -3.86. The number of anilines is 2. The zero-order valence-corrected chi connectivity index (χ0v) is 23.8. The number of benzene rings is 2. The van der Waals surface area contributed by atoms with E-state index in [2.05, 4.69) is 20.4 Å². The van der Waals surface area contributed by atoms with E-state index in [0.717, 1.165) is 22.9 Å². The van der Waals surface area contributed by atoms with Gasteiger partial charge in [-0.1, -0.05) is 24.3 Å². The first-order valence-electron chi connectivity index (χ1n) is 13.8. The second-order valence-corrected chi connectivity index (χ2v) is 13.2. The summed E-state index contributed by atoms with van der Waals surface area (Å²) in [6.07, 6.45) is -2.23. The molecule has 1 unspecified atom stereocenters. The van der Waals surface area contributed by atoms with Crippen molar-refractivity contribution >= 4 is 33.0 Å². The molecule has 10 nitrogen and oxygen atoms in total. The van der Waals surface area contributed by atoms with Gasteiger partial charge in [0.25, 0.3) is 0 Å². The molecule has 3 aliphatic rings. The minimum Gasteiger partial charge on any atom is -0.481 e. The van der Waals surface area contributed by atoms with E-state index in [-0.39, 0.29) is 30.1 Å². The second kappa shape index (κ2) is 9.41. The predicted octanol–water partition coefficient (Wildman–Crippen LogP) is 4.59. The highest BCUT2D eigenvalue weighted by molar-refractivity contribution is 7.89. The van der Waals surface area contributed by atoms with Crippen molar-refractivity contribution < 1.29 is 31.5 Å². The van der Waals surface area contributed by atoms with E-state index < -0.39 is 39.6 Å². The molecule has 1 saturated heterocycles. The Morgan fingerprint density at radius 2 is 1.95 bits per heavy atom. The van der Waals surface area contributed by atoms with Gasteiger partial charge in [0.05, 0.1) is 18.7 Å². The Kier molecular flexibility index (Phi) is 6.05. The van der Waals surface area contributed by atoms with E-state index in [0.29, 0.717) is 34.5 Å². The van der Waals surface area contributed by atoms with Crippen LogP contribution >= 0.6 is 0 Å². The van der Waals surface area contributed by atoms with Crippen molar-refractivity contribution in [1.29, 1.82) is 0 Å². The Labute approximate surface area is 244 Å². The fraction of sp³-hybridized carbons (Fsp3) is 0.345. The van der Waals surface area contributed by atoms with Crippen LogP contribution in [0.2, 0.25) is 0 Å². The van der Waals surface area contributed by atoms with E-state index in [9.17, 15) is 31.5 Å². The summed E-state index contributed by atoms with van der Waals surface area (Å²) < 4.78 is 70.6. The number of aliphatic carboxylic acids is 1. The molecular weight excluding hydrogens is 585 g/mol. The maximum absolute atomic E-state index is 14.0. The number of aromatic nitrogens is 3. The fourth-order valence-corrected chi connectivity index (χ4v) is 8.56. The van der Waals surface area contributed by atoms with Gasteiger partial charge in [-0.2, -0.15) is 17.5 Å². The third-order valence-corrected chi connectivity index (χ3v) is 10.7. The van der Waals surface area contributed by atoms with Crippen LogP contribution in [0.3, 0.4) is 0 Å². The summed E-state index contributed by atoms with van der Waals surface area (Å²) in [4.78, 5) is 14.4. The Morgan fingerprint density at radius 1 is 1.16 bits per heavy atom. The smallest absolute Gasteiger partial charge is 0.452 e. The normalized spacial score (nSPS) is 23.0. The number of carbonyl (C=O) groups is 1. The number of para-hydroxylation sites is 1. The molecule has 1 spiro atoms. The molecule has 0 amide bonds. The summed E-state index contributed by atoms with van der Waals surface area (Å²) in [5.41, 5.74) is 2.90. The molecule has 5 heterocycles. The highest BCUT2D eigenvalue weighted by Crippen LogP contribution is 2.46. The molecule has 3 aliphatic heterocycles. The third kappa shape index (κ3) is 4.26. The number of halogens is 3. The number of fused-ring (bicyclic) bond motifs is 5. The molecule has 3 atom stereocenters. The van der Waals surface area contributed by atoms with Crippen molar-refractivity contribution in [2.24, 2.45) is 0 Å². The summed E-state index contributed by atoms with van der Waals surface area (Å²) in [6, 6.07) is 13.9. The van der Waals surface area contributed by atoms with Crippen LogP contribution < -0.4 is 10.2 Å². The van der Waals surface area contributed by atoms with Gasteiger partial charge in [-0.15, -0.1) is 10.2 Å². The van der Waals surface area contributed by atoms with E-state index in [1.807, 2.05) is 18.2 Å². The van der Waals surface area contributed by atoms with Crippen LogP contribution in [0.5, 0.6) is 0 Å². The molecule has 0 radical (unpaired) electrons. The van der Waals surface area contributed by atoms with Crippen molar-refractivity contribution in [3.63, 3.8) is 0 Å². The molecule has 4 aromatic rings. The molecule has 2 N–H and O–H groups in total. The van der Waals surface area contributed by atoms with Crippen LogP contribution in [-0.4, -0.2) is 57.1 Å². The number of rotatable bonds is 4. The SMILES string of the molecule is Cc1c([C@@H](CC(=O)O)c2ccc3c(c2)CN2C[C@]4(CCCN4c4ccccc4S2(=O)=O)N3)ccn2c(C(F)(F)F)nnc12. The lowest BCUT2D eigenvalue weighted by atomic mass is 9.85. The minimum absolute atomic E-state index is 0.0158. The average molecular weight is 613 g/mol. The van der Waals surface area contributed by atoms with Gasteiger partial charge >= 0.3 is 12.1 Å². The van der Waals surface area contributed by atoms with Gasteiger partial charge in [-0.25, -0.2) is 8.42 Å². The van der Waals surface area contributed by atoms with E-state index in [1.54, 1.807) is 31.2 Å². The van der Waals surface area contributed by atoms with Gasteiger partial charge in [0, 0.05) is 30.9 Å². The van der Waals surface area contributed by atoms with E-state index >= 15 is 0 Å². The number of aryl methyl sites for hydroxylation is 1. The molecule has 224 valence electrons. The van der Waals surface area contributed by atoms with Crippen LogP contribution in [0, 0.1) is 6.92 Å². The van der Waals surface area contributed by atoms with Gasteiger partial charge in [-0.05, 0) is 66.3 Å². The lowest BCUT2D eigenvalue weighted by Crippen LogP contribution is -2.55. The Hall–Kier alpha value is -4.17. The van der Waals surface area contributed by atoms with E-state index in [1.165, 1.54) is 16.6 Å². The van der Waals surface area contributed by atoms with Crippen LogP contribution in [0.4, 0.5) is 24.5 Å². The molecule has 1 fully saturated rings. The van der Waals surface area contributed by atoms with Crippen LogP contribution in [0.25, 0.3) is 5.65 Å². The van der Waals surface area contributed by atoms with Crippen LogP contribution in [0.1, 0.15) is 53.3 Å². The van der Waals surface area contributed by atoms with Gasteiger partial charge in [0.15, 0.2) is 5.65 Å². The number of hydrogen-bond donors (Lipinski definition) is 2. The maximum Gasteiger partial charge on any atom is 0.452 e. The molecule has 0 aliphatic carbocycles. The molecule has 7 rings (SSSR count). The van der Waals surface area contributed by atoms with Crippen molar-refractivity contribution in [3.05, 3.63) is 82.8 Å². The highest BCUT2D eigenvalue weighted by Gasteiger charge is 2.51. The molecule has 2 aromatic heterocycles. The molecule has 0 saturated carbocycles. The fourth-order valence-electron chi connectivity index (χ4n) is 6.89. The van der Waals surface area contributed by atoms with Gasteiger partial charge in [-0.3, -0.25) is 9.20 Å². The summed E-state index contributed by atoms with van der Waals surface area (Å²) >= 11 is 0. The van der Waals surface area contributed by atoms with Crippen molar-refractivity contribution in [2.75, 3.05) is 23.3 Å². The first kappa shape index (κ1) is 27.7. The van der Waals surface area contributed by atoms with Gasteiger partial charge < -0.3 is 15.3 Å². The van der Waals surface area contributed by atoms with Crippen LogP contribution in [-0.2, 0) is 27.5 Å². The number of nitrogens with one attached hydrogen (secondary N) is 1. The van der Waals surface area contributed by atoms with Crippen molar-refractivity contribution in [3.8, 4) is 0 Å².